The number of hydrogen-bond acceptors (Lipinski definition) is 6. The van der Waals surface area contributed by atoms with E-state index < -0.39 is 0 Å². The predicted molar refractivity (Wildman–Crippen MR) is 107 cm³/mol. The molecule has 0 aliphatic heterocycles. The van der Waals surface area contributed by atoms with Crippen molar-refractivity contribution in [3.05, 3.63) is 63.6 Å². The standard InChI is InChI=1S/C19H15ClN4O2S/c1-11(8-25)24-10-21-18-15(19(24)26)6-16(12-2-4-14(20)5-3-12)23-17(18)13-7-22-27-9-13/h2-7,9-11,25H,8H2,1H3/t11-/m0/s1. The maximum Gasteiger partial charge on any atom is 0.261 e. The first kappa shape index (κ1) is 17.8. The van der Waals surface area contributed by atoms with Gasteiger partial charge >= 0.3 is 0 Å². The maximum absolute atomic E-state index is 13.0. The molecular weight excluding hydrogens is 384 g/mol. The summed E-state index contributed by atoms with van der Waals surface area (Å²) in [6, 6.07) is 8.65. The molecule has 3 heterocycles. The van der Waals surface area contributed by atoms with Crippen molar-refractivity contribution in [1.29, 1.82) is 0 Å². The summed E-state index contributed by atoms with van der Waals surface area (Å²) in [6.45, 7) is 1.61. The molecule has 4 rings (SSSR count). The minimum Gasteiger partial charge on any atom is -0.394 e. The molecule has 0 unspecified atom stereocenters. The number of fused-ring (bicyclic) bond motifs is 1. The number of halogens is 1. The molecule has 0 aliphatic rings. The van der Waals surface area contributed by atoms with Crippen LogP contribution in [0, 0.1) is 0 Å². The lowest BCUT2D eigenvalue weighted by atomic mass is 10.1. The zero-order valence-corrected chi connectivity index (χ0v) is 15.9. The van der Waals surface area contributed by atoms with E-state index in [9.17, 15) is 9.90 Å². The number of aliphatic hydroxyl groups is 1. The van der Waals surface area contributed by atoms with Gasteiger partial charge in [-0.25, -0.2) is 14.3 Å². The lowest BCUT2D eigenvalue weighted by Crippen LogP contribution is -2.25. The van der Waals surface area contributed by atoms with E-state index in [1.54, 1.807) is 31.3 Å². The average molecular weight is 399 g/mol. The minimum absolute atomic E-state index is 0.149. The highest BCUT2D eigenvalue weighted by Gasteiger charge is 2.17. The molecule has 0 radical (unpaired) electrons. The smallest absolute Gasteiger partial charge is 0.261 e. The maximum atomic E-state index is 13.0. The Labute approximate surface area is 163 Å². The van der Waals surface area contributed by atoms with Crippen LogP contribution in [0.5, 0.6) is 0 Å². The molecule has 0 spiro atoms. The Morgan fingerprint density at radius 3 is 2.70 bits per heavy atom. The number of aliphatic hydroxyl groups excluding tert-OH is 1. The minimum atomic E-state index is -0.368. The quantitative estimate of drug-likeness (QED) is 0.565. The van der Waals surface area contributed by atoms with Gasteiger partial charge in [0.1, 0.15) is 5.52 Å². The van der Waals surface area contributed by atoms with Gasteiger partial charge in [-0.15, -0.1) is 0 Å². The van der Waals surface area contributed by atoms with Crippen molar-refractivity contribution in [3.8, 4) is 22.5 Å². The van der Waals surface area contributed by atoms with E-state index >= 15 is 0 Å². The lowest BCUT2D eigenvalue weighted by molar-refractivity contribution is 0.236. The molecule has 0 amide bonds. The van der Waals surface area contributed by atoms with Crippen LogP contribution in [0.25, 0.3) is 33.4 Å². The molecular formula is C19H15ClN4O2S. The molecule has 1 N–H and O–H groups in total. The SMILES string of the molecule is C[C@@H](CO)n1cnc2c(-c3cnsc3)nc(-c3ccc(Cl)cc3)cc2c1=O. The number of rotatable bonds is 4. The fourth-order valence-corrected chi connectivity index (χ4v) is 3.48. The van der Waals surface area contributed by atoms with Crippen molar-refractivity contribution in [1.82, 2.24) is 18.9 Å². The summed E-state index contributed by atoms with van der Waals surface area (Å²) < 4.78 is 5.58. The first-order chi connectivity index (χ1) is 13.1. The van der Waals surface area contributed by atoms with E-state index in [1.807, 2.05) is 17.5 Å². The van der Waals surface area contributed by atoms with Crippen molar-refractivity contribution >= 4 is 34.0 Å². The van der Waals surface area contributed by atoms with E-state index in [4.69, 9.17) is 16.6 Å². The van der Waals surface area contributed by atoms with Crippen LogP contribution in [0.3, 0.4) is 0 Å². The third-order valence-electron chi connectivity index (χ3n) is 4.35. The topological polar surface area (TPSA) is 80.9 Å². The molecule has 1 aromatic carbocycles. The van der Waals surface area contributed by atoms with Crippen LogP contribution in [-0.2, 0) is 0 Å². The van der Waals surface area contributed by atoms with Crippen molar-refractivity contribution < 1.29 is 5.11 Å². The first-order valence-electron chi connectivity index (χ1n) is 8.27. The highest BCUT2D eigenvalue weighted by Crippen LogP contribution is 2.29. The highest BCUT2D eigenvalue weighted by molar-refractivity contribution is 7.03. The normalized spacial score (nSPS) is 12.4. The number of nitrogens with zero attached hydrogens (tertiary/aromatic N) is 4. The fourth-order valence-electron chi connectivity index (χ4n) is 2.84. The van der Waals surface area contributed by atoms with Crippen LogP contribution < -0.4 is 5.56 Å². The van der Waals surface area contributed by atoms with Gasteiger partial charge in [0.15, 0.2) is 0 Å². The van der Waals surface area contributed by atoms with E-state index in [-0.39, 0.29) is 18.2 Å². The van der Waals surface area contributed by atoms with Gasteiger partial charge in [0, 0.05) is 21.5 Å². The molecule has 4 aromatic rings. The lowest BCUT2D eigenvalue weighted by Gasteiger charge is -2.14. The predicted octanol–water partition coefficient (Wildman–Crippen LogP) is 3.79. The molecule has 27 heavy (non-hydrogen) atoms. The van der Waals surface area contributed by atoms with Crippen LogP contribution in [0.15, 0.2) is 53.0 Å². The summed E-state index contributed by atoms with van der Waals surface area (Å²) in [5.41, 5.74) is 3.19. The van der Waals surface area contributed by atoms with Gasteiger partial charge in [-0.2, -0.15) is 0 Å². The third-order valence-corrected chi connectivity index (χ3v) is 5.19. The number of benzene rings is 1. The van der Waals surface area contributed by atoms with Crippen LogP contribution in [-0.4, -0.2) is 30.6 Å². The van der Waals surface area contributed by atoms with Crippen molar-refractivity contribution in [2.24, 2.45) is 0 Å². The Bertz CT molecular complexity index is 1160. The average Bonchev–Trinajstić information content (AvgIpc) is 3.22. The van der Waals surface area contributed by atoms with Crippen molar-refractivity contribution in [2.75, 3.05) is 6.61 Å². The summed E-state index contributed by atoms with van der Waals surface area (Å²) in [5.74, 6) is 0. The van der Waals surface area contributed by atoms with Gasteiger partial charge in [-0.3, -0.25) is 9.36 Å². The van der Waals surface area contributed by atoms with E-state index in [0.29, 0.717) is 27.3 Å². The monoisotopic (exact) mass is 398 g/mol. The second kappa shape index (κ2) is 7.19. The second-order valence-electron chi connectivity index (χ2n) is 6.16. The van der Waals surface area contributed by atoms with Gasteiger partial charge in [0.05, 0.1) is 41.9 Å². The zero-order chi connectivity index (χ0) is 19.0. The van der Waals surface area contributed by atoms with Crippen LogP contribution in [0.4, 0.5) is 0 Å². The summed E-state index contributed by atoms with van der Waals surface area (Å²) in [7, 11) is 0. The van der Waals surface area contributed by atoms with Crippen molar-refractivity contribution in [3.63, 3.8) is 0 Å². The molecule has 6 nitrogen and oxygen atoms in total. The van der Waals surface area contributed by atoms with Gasteiger partial charge in [-0.05, 0) is 36.7 Å². The van der Waals surface area contributed by atoms with E-state index in [2.05, 4.69) is 9.36 Å². The highest BCUT2D eigenvalue weighted by atomic mass is 35.5. The van der Waals surface area contributed by atoms with Gasteiger partial charge in [-0.1, -0.05) is 23.7 Å². The second-order valence-corrected chi connectivity index (χ2v) is 7.25. The Morgan fingerprint density at radius 1 is 1.26 bits per heavy atom. The van der Waals surface area contributed by atoms with E-state index in [0.717, 1.165) is 11.1 Å². The molecule has 1 atom stereocenters. The van der Waals surface area contributed by atoms with E-state index in [1.165, 1.54) is 22.4 Å². The Morgan fingerprint density at radius 2 is 2.04 bits per heavy atom. The molecule has 0 aliphatic carbocycles. The zero-order valence-electron chi connectivity index (χ0n) is 14.3. The number of hydrogen-bond donors (Lipinski definition) is 1. The third kappa shape index (κ3) is 3.25. The Hall–Kier alpha value is -2.61. The first-order valence-corrected chi connectivity index (χ1v) is 9.48. The van der Waals surface area contributed by atoms with Crippen LogP contribution in [0.1, 0.15) is 13.0 Å². The Kier molecular flexibility index (Phi) is 4.73. The van der Waals surface area contributed by atoms with Gasteiger partial charge in [0.2, 0.25) is 0 Å². The molecule has 0 saturated carbocycles. The van der Waals surface area contributed by atoms with Gasteiger partial charge < -0.3 is 5.11 Å². The van der Waals surface area contributed by atoms with Gasteiger partial charge in [0.25, 0.3) is 5.56 Å². The largest absolute Gasteiger partial charge is 0.394 e. The molecule has 0 bridgehead atoms. The number of pyridine rings is 1. The molecule has 0 fully saturated rings. The fraction of sp³-hybridized carbons (Fsp3) is 0.158. The molecule has 3 aromatic heterocycles. The van der Waals surface area contributed by atoms with Crippen LogP contribution in [0.2, 0.25) is 5.02 Å². The van der Waals surface area contributed by atoms with Crippen molar-refractivity contribution in [2.45, 2.75) is 13.0 Å². The Balaban J connectivity index is 2.04. The number of aromatic nitrogens is 4. The molecule has 0 saturated heterocycles. The molecule has 8 heteroatoms. The summed E-state index contributed by atoms with van der Waals surface area (Å²) in [4.78, 5) is 22.2. The van der Waals surface area contributed by atoms with Crippen LogP contribution >= 0.6 is 23.1 Å². The summed E-state index contributed by atoms with van der Waals surface area (Å²) >= 11 is 7.30. The summed E-state index contributed by atoms with van der Waals surface area (Å²) in [6.07, 6.45) is 3.17. The molecule has 136 valence electrons. The summed E-state index contributed by atoms with van der Waals surface area (Å²) in [5, 5.41) is 12.4.